The highest BCUT2D eigenvalue weighted by molar-refractivity contribution is 14.1. The molecule has 0 radical (unpaired) electrons. The minimum absolute atomic E-state index is 0.0842. The van der Waals surface area contributed by atoms with Crippen molar-refractivity contribution in [1.82, 2.24) is 9.55 Å². The van der Waals surface area contributed by atoms with Crippen molar-refractivity contribution in [3.63, 3.8) is 0 Å². The van der Waals surface area contributed by atoms with Crippen LogP contribution in [0.1, 0.15) is 6.92 Å². The van der Waals surface area contributed by atoms with Gasteiger partial charge in [0.05, 0.1) is 20.4 Å². The summed E-state index contributed by atoms with van der Waals surface area (Å²) in [5.74, 6) is -1.31. The molecule has 0 aliphatic heterocycles. The number of aliphatic carboxylic acids is 1. The van der Waals surface area contributed by atoms with E-state index < -0.39 is 5.97 Å². The van der Waals surface area contributed by atoms with Gasteiger partial charge in [-0.25, -0.2) is 9.37 Å². The molecule has 106 valence electrons. The standard InChI is InChI=1S/C13H12FIN2O2S/c1-7(2)5-17-11-3-8(14)9(15)4-10(11)16-13(17)20-6-12(18)19/h3-4H,1,5-6H2,2H3,(H,18,19). The lowest BCUT2D eigenvalue weighted by molar-refractivity contribution is -0.133. The van der Waals surface area contributed by atoms with Gasteiger partial charge < -0.3 is 9.67 Å². The predicted molar refractivity (Wildman–Crippen MR) is 85.6 cm³/mol. The van der Waals surface area contributed by atoms with Gasteiger partial charge in [0.25, 0.3) is 0 Å². The molecule has 0 unspecified atom stereocenters. The van der Waals surface area contributed by atoms with Crippen LogP contribution >= 0.6 is 34.4 Å². The first-order chi connectivity index (χ1) is 9.38. The van der Waals surface area contributed by atoms with Gasteiger partial charge in [0.15, 0.2) is 5.16 Å². The number of imidazole rings is 1. The van der Waals surface area contributed by atoms with Crippen LogP contribution in [-0.2, 0) is 11.3 Å². The second kappa shape index (κ2) is 6.13. The van der Waals surface area contributed by atoms with Crippen LogP contribution in [0.25, 0.3) is 11.0 Å². The van der Waals surface area contributed by atoms with Crippen molar-refractivity contribution < 1.29 is 14.3 Å². The molecule has 7 heteroatoms. The van der Waals surface area contributed by atoms with Crippen LogP contribution in [0.4, 0.5) is 4.39 Å². The second-order valence-electron chi connectivity index (χ2n) is 4.38. The van der Waals surface area contributed by atoms with Gasteiger partial charge in [-0.2, -0.15) is 0 Å². The van der Waals surface area contributed by atoms with E-state index in [1.54, 1.807) is 10.6 Å². The Bertz CT molecular complexity index is 699. The Kier molecular flexibility index (Phi) is 4.69. The fourth-order valence-corrected chi connectivity index (χ4v) is 2.94. The number of fused-ring (bicyclic) bond motifs is 1. The maximum Gasteiger partial charge on any atom is 0.313 e. The Labute approximate surface area is 133 Å². The molecule has 0 saturated heterocycles. The van der Waals surface area contributed by atoms with Crippen LogP contribution < -0.4 is 0 Å². The minimum atomic E-state index is -0.912. The van der Waals surface area contributed by atoms with Gasteiger partial charge in [-0.15, -0.1) is 0 Å². The predicted octanol–water partition coefficient (Wildman–Crippen LogP) is 3.53. The molecule has 0 bridgehead atoms. The monoisotopic (exact) mass is 406 g/mol. The number of hydrogen-bond donors (Lipinski definition) is 1. The smallest absolute Gasteiger partial charge is 0.313 e. The summed E-state index contributed by atoms with van der Waals surface area (Å²) in [6.45, 7) is 6.19. The summed E-state index contributed by atoms with van der Waals surface area (Å²) in [6, 6.07) is 3.09. The molecule has 0 saturated carbocycles. The minimum Gasteiger partial charge on any atom is -0.481 e. The number of carboxylic acids is 1. The number of rotatable bonds is 5. The summed E-state index contributed by atoms with van der Waals surface area (Å²) in [5.41, 5.74) is 2.20. The summed E-state index contributed by atoms with van der Waals surface area (Å²) >= 11 is 3.03. The van der Waals surface area contributed by atoms with Crippen LogP contribution in [0.15, 0.2) is 29.4 Å². The summed E-state index contributed by atoms with van der Waals surface area (Å²) in [4.78, 5) is 15.1. The Morgan fingerprint density at radius 2 is 2.30 bits per heavy atom. The van der Waals surface area contributed by atoms with E-state index in [-0.39, 0.29) is 11.6 Å². The molecule has 4 nitrogen and oxygen atoms in total. The molecule has 0 atom stereocenters. The van der Waals surface area contributed by atoms with Gasteiger partial charge in [-0.3, -0.25) is 4.79 Å². The van der Waals surface area contributed by atoms with Crippen LogP contribution in [-0.4, -0.2) is 26.4 Å². The van der Waals surface area contributed by atoms with Gasteiger partial charge in [0.1, 0.15) is 5.82 Å². The van der Waals surface area contributed by atoms with Crippen LogP contribution in [0.3, 0.4) is 0 Å². The number of thioether (sulfide) groups is 1. The topological polar surface area (TPSA) is 55.1 Å². The zero-order valence-corrected chi connectivity index (χ0v) is 13.7. The zero-order valence-electron chi connectivity index (χ0n) is 10.7. The van der Waals surface area contributed by atoms with E-state index in [0.29, 0.717) is 26.3 Å². The van der Waals surface area contributed by atoms with Crippen molar-refractivity contribution in [2.75, 3.05) is 5.75 Å². The number of allylic oxidation sites excluding steroid dienone is 1. The number of nitrogens with zero attached hydrogens (tertiary/aromatic N) is 2. The number of benzene rings is 1. The van der Waals surface area contributed by atoms with Crippen molar-refractivity contribution in [2.24, 2.45) is 0 Å². The number of hydrogen-bond acceptors (Lipinski definition) is 3. The molecule has 0 amide bonds. The van der Waals surface area contributed by atoms with Crippen LogP contribution in [0, 0.1) is 9.39 Å². The third kappa shape index (κ3) is 3.32. The van der Waals surface area contributed by atoms with Crippen LogP contribution in [0.5, 0.6) is 0 Å². The van der Waals surface area contributed by atoms with Crippen molar-refractivity contribution in [1.29, 1.82) is 0 Å². The molecule has 20 heavy (non-hydrogen) atoms. The molecule has 0 spiro atoms. The fraction of sp³-hybridized carbons (Fsp3) is 0.231. The van der Waals surface area contributed by atoms with Gasteiger partial charge in [0.2, 0.25) is 0 Å². The SMILES string of the molecule is C=C(C)Cn1c(SCC(=O)O)nc2cc(I)c(F)cc21. The Morgan fingerprint density at radius 1 is 1.60 bits per heavy atom. The first kappa shape index (κ1) is 15.3. The highest BCUT2D eigenvalue weighted by atomic mass is 127. The molecular formula is C13H12FIN2O2S. The Hall–Kier alpha value is -1.09. The lowest BCUT2D eigenvalue weighted by Gasteiger charge is -2.08. The van der Waals surface area contributed by atoms with E-state index in [2.05, 4.69) is 11.6 Å². The van der Waals surface area contributed by atoms with Gasteiger partial charge in [-0.1, -0.05) is 23.9 Å². The zero-order chi connectivity index (χ0) is 14.9. The summed E-state index contributed by atoms with van der Waals surface area (Å²) in [5, 5.41) is 9.34. The normalized spacial score (nSPS) is 10.9. The first-order valence-electron chi connectivity index (χ1n) is 5.72. The molecule has 1 aromatic heterocycles. The maximum absolute atomic E-state index is 13.7. The molecule has 0 fully saturated rings. The Morgan fingerprint density at radius 3 is 2.90 bits per heavy atom. The lowest BCUT2D eigenvalue weighted by atomic mass is 10.3. The number of carboxylic acid groups (broad SMARTS) is 1. The maximum atomic E-state index is 13.7. The lowest BCUT2D eigenvalue weighted by Crippen LogP contribution is -2.04. The second-order valence-corrected chi connectivity index (χ2v) is 6.48. The Balaban J connectivity index is 2.54. The fourth-order valence-electron chi connectivity index (χ4n) is 1.76. The van der Waals surface area contributed by atoms with Gasteiger partial charge in [-0.05, 0) is 35.6 Å². The van der Waals surface area contributed by atoms with E-state index in [0.717, 1.165) is 17.3 Å². The molecule has 0 aliphatic carbocycles. The highest BCUT2D eigenvalue weighted by Gasteiger charge is 2.15. The highest BCUT2D eigenvalue weighted by Crippen LogP contribution is 2.27. The number of carbonyl (C=O) groups is 1. The largest absolute Gasteiger partial charge is 0.481 e. The van der Waals surface area contributed by atoms with Gasteiger partial charge in [0, 0.05) is 12.6 Å². The molecule has 1 N–H and O–H groups in total. The average molecular weight is 406 g/mol. The molecule has 1 heterocycles. The first-order valence-corrected chi connectivity index (χ1v) is 7.79. The van der Waals surface area contributed by atoms with Crippen molar-refractivity contribution in [3.05, 3.63) is 33.7 Å². The number of halogens is 2. The quantitative estimate of drug-likeness (QED) is 0.469. The molecule has 1 aromatic carbocycles. The van der Waals surface area contributed by atoms with Crippen molar-refractivity contribution in [3.8, 4) is 0 Å². The summed E-state index contributed by atoms with van der Waals surface area (Å²) in [6.07, 6.45) is 0. The number of aromatic nitrogens is 2. The molecule has 2 aromatic rings. The van der Waals surface area contributed by atoms with E-state index >= 15 is 0 Å². The average Bonchev–Trinajstić information content (AvgIpc) is 2.65. The third-order valence-electron chi connectivity index (χ3n) is 2.51. The summed E-state index contributed by atoms with van der Waals surface area (Å²) in [7, 11) is 0. The van der Waals surface area contributed by atoms with E-state index in [9.17, 15) is 9.18 Å². The molecular weight excluding hydrogens is 394 g/mol. The molecule has 0 aliphatic rings. The third-order valence-corrected chi connectivity index (χ3v) is 4.30. The van der Waals surface area contributed by atoms with Crippen molar-refractivity contribution in [2.45, 2.75) is 18.6 Å². The van der Waals surface area contributed by atoms with Gasteiger partial charge >= 0.3 is 5.97 Å². The van der Waals surface area contributed by atoms with Crippen molar-refractivity contribution >= 4 is 51.4 Å². The van der Waals surface area contributed by atoms with E-state index in [4.69, 9.17) is 5.11 Å². The molecule has 2 rings (SSSR count). The summed E-state index contributed by atoms with van der Waals surface area (Å²) < 4.78 is 16.0. The van der Waals surface area contributed by atoms with E-state index in [1.165, 1.54) is 6.07 Å². The van der Waals surface area contributed by atoms with E-state index in [1.807, 2.05) is 29.5 Å². The van der Waals surface area contributed by atoms with Crippen LogP contribution in [0.2, 0.25) is 0 Å².